The first-order valence-electron chi connectivity index (χ1n) is 6.57. The minimum atomic E-state index is -0.436. The number of carbonyl (C=O) groups excluding carboxylic acids is 1. The third-order valence-electron chi connectivity index (χ3n) is 3.15. The van der Waals surface area contributed by atoms with Crippen LogP contribution in [0.2, 0.25) is 5.02 Å². The molecular weight excluding hydrogens is 288 g/mol. The molecule has 0 aliphatic carbocycles. The van der Waals surface area contributed by atoms with E-state index in [1.54, 1.807) is 12.1 Å². The van der Waals surface area contributed by atoms with Crippen LogP contribution in [0, 0.1) is 0 Å². The number of rotatable bonds is 5. The SMILES string of the molecule is COC(=O)c1cccc(NCCc2ccc(Cl)cc2)c1N. The van der Waals surface area contributed by atoms with Crippen LogP contribution in [-0.4, -0.2) is 19.6 Å². The maximum absolute atomic E-state index is 11.6. The molecule has 4 nitrogen and oxygen atoms in total. The number of halogens is 1. The number of nitrogens with two attached hydrogens (primary N) is 1. The van der Waals surface area contributed by atoms with Crippen molar-refractivity contribution < 1.29 is 9.53 Å². The molecule has 0 unspecified atom stereocenters. The van der Waals surface area contributed by atoms with Gasteiger partial charge >= 0.3 is 5.97 Å². The zero-order valence-electron chi connectivity index (χ0n) is 11.7. The maximum Gasteiger partial charge on any atom is 0.340 e. The molecule has 0 aliphatic heterocycles. The van der Waals surface area contributed by atoms with Gasteiger partial charge in [-0.2, -0.15) is 0 Å². The highest BCUT2D eigenvalue weighted by Gasteiger charge is 2.12. The molecule has 110 valence electrons. The Morgan fingerprint density at radius 3 is 2.62 bits per heavy atom. The van der Waals surface area contributed by atoms with E-state index >= 15 is 0 Å². The van der Waals surface area contributed by atoms with Crippen molar-refractivity contribution >= 4 is 28.9 Å². The van der Waals surface area contributed by atoms with Gasteiger partial charge in [-0.3, -0.25) is 0 Å². The summed E-state index contributed by atoms with van der Waals surface area (Å²) in [5, 5.41) is 3.95. The highest BCUT2D eigenvalue weighted by atomic mass is 35.5. The zero-order valence-corrected chi connectivity index (χ0v) is 12.5. The molecule has 0 amide bonds. The molecule has 0 aliphatic rings. The fraction of sp³-hybridized carbons (Fsp3) is 0.188. The molecule has 0 saturated heterocycles. The van der Waals surface area contributed by atoms with Crippen LogP contribution in [0.5, 0.6) is 0 Å². The Labute approximate surface area is 128 Å². The zero-order chi connectivity index (χ0) is 15.2. The number of methoxy groups -OCH3 is 1. The molecule has 0 spiro atoms. The van der Waals surface area contributed by atoms with Gasteiger partial charge in [0, 0.05) is 11.6 Å². The Bertz CT molecular complexity index is 627. The van der Waals surface area contributed by atoms with E-state index in [-0.39, 0.29) is 0 Å². The largest absolute Gasteiger partial charge is 0.465 e. The van der Waals surface area contributed by atoms with E-state index in [4.69, 9.17) is 22.1 Å². The van der Waals surface area contributed by atoms with E-state index in [0.717, 1.165) is 17.1 Å². The Morgan fingerprint density at radius 2 is 1.95 bits per heavy atom. The summed E-state index contributed by atoms with van der Waals surface area (Å²) < 4.78 is 4.70. The molecule has 5 heteroatoms. The molecule has 0 bridgehead atoms. The van der Waals surface area contributed by atoms with E-state index in [1.165, 1.54) is 12.7 Å². The van der Waals surface area contributed by atoms with Crippen LogP contribution in [-0.2, 0) is 11.2 Å². The number of nitrogen functional groups attached to an aromatic ring is 1. The predicted octanol–water partition coefficient (Wildman–Crippen LogP) is 3.36. The van der Waals surface area contributed by atoms with Crippen LogP contribution in [0.4, 0.5) is 11.4 Å². The smallest absolute Gasteiger partial charge is 0.340 e. The van der Waals surface area contributed by atoms with Gasteiger partial charge in [-0.25, -0.2) is 4.79 Å². The molecule has 0 heterocycles. The normalized spacial score (nSPS) is 10.2. The van der Waals surface area contributed by atoms with Crippen LogP contribution in [0.15, 0.2) is 42.5 Å². The van der Waals surface area contributed by atoms with Gasteiger partial charge < -0.3 is 15.8 Å². The van der Waals surface area contributed by atoms with Gasteiger partial charge in [-0.05, 0) is 36.2 Å². The van der Waals surface area contributed by atoms with E-state index in [1.807, 2.05) is 30.3 Å². The second kappa shape index (κ2) is 6.99. The Hall–Kier alpha value is -2.20. The van der Waals surface area contributed by atoms with Crippen molar-refractivity contribution in [2.75, 3.05) is 24.7 Å². The van der Waals surface area contributed by atoms with Crippen LogP contribution in [0.25, 0.3) is 0 Å². The van der Waals surface area contributed by atoms with Crippen LogP contribution in [0.1, 0.15) is 15.9 Å². The summed E-state index contributed by atoms with van der Waals surface area (Å²) in [6.45, 7) is 0.705. The molecule has 2 aromatic rings. The van der Waals surface area contributed by atoms with E-state index in [2.05, 4.69) is 5.32 Å². The molecule has 21 heavy (non-hydrogen) atoms. The standard InChI is InChI=1S/C16H17ClN2O2/c1-21-16(20)13-3-2-4-14(15(13)18)19-10-9-11-5-7-12(17)8-6-11/h2-8,19H,9-10,18H2,1H3. The second-order valence-electron chi connectivity index (χ2n) is 4.56. The minimum Gasteiger partial charge on any atom is -0.465 e. The molecule has 0 aromatic heterocycles. The molecule has 0 radical (unpaired) electrons. The first-order valence-corrected chi connectivity index (χ1v) is 6.94. The lowest BCUT2D eigenvalue weighted by molar-refractivity contribution is 0.0602. The van der Waals surface area contributed by atoms with Crippen molar-refractivity contribution in [2.45, 2.75) is 6.42 Å². The predicted molar refractivity (Wildman–Crippen MR) is 85.8 cm³/mol. The highest BCUT2D eigenvalue weighted by Crippen LogP contribution is 2.23. The average Bonchev–Trinajstić information content (AvgIpc) is 2.50. The van der Waals surface area contributed by atoms with Gasteiger partial charge in [-0.1, -0.05) is 29.8 Å². The lowest BCUT2D eigenvalue weighted by atomic mass is 10.1. The monoisotopic (exact) mass is 304 g/mol. The molecule has 0 fully saturated rings. The number of ether oxygens (including phenoxy) is 1. The first-order chi connectivity index (χ1) is 10.1. The summed E-state index contributed by atoms with van der Waals surface area (Å²) in [7, 11) is 1.34. The van der Waals surface area contributed by atoms with Gasteiger partial charge in [0.25, 0.3) is 0 Å². The topological polar surface area (TPSA) is 64.3 Å². The van der Waals surface area contributed by atoms with Gasteiger partial charge in [0.1, 0.15) is 0 Å². The highest BCUT2D eigenvalue weighted by molar-refractivity contribution is 6.30. The summed E-state index contributed by atoms with van der Waals surface area (Å²) in [5.41, 5.74) is 8.66. The molecule has 0 atom stereocenters. The fourth-order valence-electron chi connectivity index (χ4n) is 2.00. The lowest BCUT2D eigenvalue weighted by Crippen LogP contribution is -2.11. The number of hydrogen-bond acceptors (Lipinski definition) is 4. The average molecular weight is 305 g/mol. The molecule has 2 rings (SSSR count). The van der Waals surface area contributed by atoms with Crippen LogP contribution < -0.4 is 11.1 Å². The fourth-order valence-corrected chi connectivity index (χ4v) is 2.13. The number of hydrogen-bond donors (Lipinski definition) is 2. The molecule has 0 saturated carbocycles. The molecular formula is C16H17ClN2O2. The summed E-state index contributed by atoms with van der Waals surface area (Å²) >= 11 is 5.85. The van der Waals surface area contributed by atoms with E-state index < -0.39 is 5.97 Å². The number of para-hydroxylation sites is 1. The number of benzene rings is 2. The maximum atomic E-state index is 11.6. The van der Waals surface area contributed by atoms with Gasteiger partial charge in [0.15, 0.2) is 0 Å². The number of carbonyl (C=O) groups is 1. The molecule has 3 N–H and O–H groups in total. The van der Waals surface area contributed by atoms with Crippen molar-refractivity contribution in [1.29, 1.82) is 0 Å². The van der Waals surface area contributed by atoms with E-state index in [9.17, 15) is 4.79 Å². The van der Waals surface area contributed by atoms with Crippen molar-refractivity contribution in [3.05, 3.63) is 58.6 Å². The van der Waals surface area contributed by atoms with E-state index in [0.29, 0.717) is 17.8 Å². The summed E-state index contributed by atoms with van der Waals surface area (Å²) in [4.78, 5) is 11.6. The third kappa shape index (κ3) is 3.89. The third-order valence-corrected chi connectivity index (χ3v) is 3.41. The number of anilines is 2. The van der Waals surface area contributed by atoms with Crippen LogP contribution in [0.3, 0.4) is 0 Å². The summed E-state index contributed by atoms with van der Waals surface area (Å²) in [6.07, 6.45) is 0.832. The van der Waals surface area contributed by atoms with Crippen molar-refractivity contribution in [1.82, 2.24) is 0 Å². The minimum absolute atomic E-state index is 0.369. The first kappa shape index (κ1) is 15.2. The Balaban J connectivity index is 2.00. The molecule has 2 aromatic carbocycles. The van der Waals surface area contributed by atoms with Gasteiger partial charge in [0.2, 0.25) is 0 Å². The Morgan fingerprint density at radius 1 is 1.24 bits per heavy atom. The van der Waals surface area contributed by atoms with Crippen molar-refractivity contribution in [2.24, 2.45) is 0 Å². The number of esters is 1. The van der Waals surface area contributed by atoms with Crippen molar-refractivity contribution in [3.63, 3.8) is 0 Å². The second-order valence-corrected chi connectivity index (χ2v) is 5.00. The quantitative estimate of drug-likeness (QED) is 0.656. The van der Waals surface area contributed by atoms with Crippen molar-refractivity contribution in [3.8, 4) is 0 Å². The number of nitrogens with one attached hydrogen (secondary N) is 1. The Kier molecular flexibility index (Phi) is 5.06. The lowest BCUT2D eigenvalue weighted by Gasteiger charge is -2.12. The summed E-state index contributed by atoms with van der Waals surface area (Å²) in [5.74, 6) is -0.436. The summed E-state index contributed by atoms with van der Waals surface area (Å²) in [6, 6.07) is 12.9. The van der Waals surface area contributed by atoms with Crippen LogP contribution >= 0.6 is 11.6 Å². The van der Waals surface area contributed by atoms with Gasteiger partial charge in [0.05, 0.1) is 24.0 Å². The van der Waals surface area contributed by atoms with Gasteiger partial charge in [-0.15, -0.1) is 0 Å².